The number of rotatable bonds is 9. The number of aryl methyl sites for hydroxylation is 1. The van der Waals surface area contributed by atoms with E-state index in [0.717, 1.165) is 0 Å². The van der Waals surface area contributed by atoms with Gasteiger partial charge in [-0.2, -0.15) is 5.10 Å². The molecule has 1 aromatic heterocycles. The second-order valence-electron chi connectivity index (χ2n) is 4.73. The largest absolute Gasteiger partial charge is 0.394 e. The van der Waals surface area contributed by atoms with Gasteiger partial charge in [-0.15, -0.1) is 0 Å². The summed E-state index contributed by atoms with van der Waals surface area (Å²) in [7, 11) is 1.68. The zero-order valence-corrected chi connectivity index (χ0v) is 12.1. The molecule has 114 valence electrons. The SMILES string of the molecule is CC(C)c1nn(C)c(NCCCOCCO)c1[N+](=O)[O-]. The highest BCUT2D eigenvalue weighted by Crippen LogP contribution is 2.32. The number of aliphatic hydroxyl groups excluding tert-OH is 1. The van der Waals surface area contributed by atoms with Crippen LogP contribution in [0, 0.1) is 10.1 Å². The van der Waals surface area contributed by atoms with Crippen molar-refractivity contribution in [3.8, 4) is 0 Å². The highest BCUT2D eigenvalue weighted by atomic mass is 16.6. The first-order chi connectivity index (χ1) is 9.49. The molecule has 0 aromatic carbocycles. The van der Waals surface area contributed by atoms with Crippen LogP contribution < -0.4 is 5.32 Å². The van der Waals surface area contributed by atoms with Crippen LogP contribution in [0.4, 0.5) is 11.5 Å². The molecule has 0 saturated heterocycles. The first-order valence-corrected chi connectivity index (χ1v) is 6.62. The van der Waals surface area contributed by atoms with E-state index in [1.54, 1.807) is 7.05 Å². The molecule has 8 heteroatoms. The quantitative estimate of drug-likeness (QED) is 0.402. The van der Waals surface area contributed by atoms with Gasteiger partial charge in [0.1, 0.15) is 5.69 Å². The predicted molar refractivity (Wildman–Crippen MR) is 75.0 cm³/mol. The Labute approximate surface area is 117 Å². The Hall–Kier alpha value is -1.67. The van der Waals surface area contributed by atoms with Crippen molar-refractivity contribution in [2.75, 3.05) is 31.7 Å². The minimum atomic E-state index is -0.396. The molecule has 0 amide bonds. The molecule has 0 spiro atoms. The number of aliphatic hydroxyl groups is 1. The number of aromatic nitrogens is 2. The van der Waals surface area contributed by atoms with Crippen LogP contribution in [0.2, 0.25) is 0 Å². The van der Waals surface area contributed by atoms with Crippen LogP contribution in [0.5, 0.6) is 0 Å². The van der Waals surface area contributed by atoms with E-state index in [1.807, 2.05) is 13.8 Å². The minimum absolute atomic E-state index is 0.00161. The lowest BCUT2D eigenvalue weighted by atomic mass is 10.1. The normalized spacial score (nSPS) is 11.1. The fourth-order valence-electron chi connectivity index (χ4n) is 1.85. The third kappa shape index (κ3) is 4.17. The van der Waals surface area contributed by atoms with Crippen molar-refractivity contribution < 1.29 is 14.8 Å². The first kappa shape index (κ1) is 16.4. The summed E-state index contributed by atoms with van der Waals surface area (Å²) in [5.41, 5.74) is 0.523. The predicted octanol–water partition coefficient (Wildman–Crippen LogP) is 1.26. The molecule has 2 N–H and O–H groups in total. The summed E-state index contributed by atoms with van der Waals surface area (Å²) < 4.78 is 6.63. The molecular formula is C12H22N4O4. The van der Waals surface area contributed by atoms with E-state index < -0.39 is 4.92 Å². The Balaban J connectivity index is 2.67. The van der Waals surface area contributed by atoms with Gasteiger partial charge in [0.15, 0.2) is 0 Å². The standard InChI is InChI=1S/C12H22N4O4/c1-9(2)10-11(16(18)19)12(15(3)14-10)13-5-4-7-20-8-6-17/h9,13,17H,4-8H2,1-3H3. The lowest BCUT2D eigenvalue weighted by Gasteiger charge is -2.06. The van der Waals surface area contributed by atoms with Crippen molar-refractivity contribution in [3.63, 3.8) is 0 Å². The molecule has 1 aromatic rings. The Bertz CT molecular complexity index is 445. The van der Waals surface area contributed by atoms with Crippen molar-refractivity contribution in [2.45, 2.75) is 26.2 Å². The Kier molecular flexibility index (Phi) is 6.40. The average molecular weight is 286 g/mol. The van der Waals surface area contributed by atoms with E-state index >= 15 is 0 Å². The Morgan fingerprint density at radius 2 is 2.20 bits per heavy atom. The van der Waals surface area contributed by atoms with Crippen molar-refractivity contribution in [2.24, 2.45) is 7.05 Å². The van der Waals surface area contributed by atoms with Gasteiger partial charge in [-0.1, -0.05) is 13.8 Å². The van der Waals surface area contributed by atoms with Crippen LogP contribution >= 0.6 is 0 Å². The highest BCUT2D eigenvalue weighted by Gasteiger charge is 2.28. The van der Waals surface area contributed by atoms with Gasteiger partial charge in [0.2, 0.25) is 5.82 Å². The Morgan fingerprint density at radius 3 is 2.75 bits per heavy atom. The van der Waals surface area contributed by atoms with E-state index in [-0.39, 0.29) is 18.2 Å². The number of nitrogens with one attached hydrogen (secondary N) is 1. The monoisotopic (exact) mass is 286 g/mol. The van der Waals surface area contributed by atoms with Crippen molar-refractivity contribution >= 4 is 11.5 Å². The smallest absolute Gasteiger partial charge is 0.334 e. The summed E-state index contributed by atoms with van der Waals surface area (Å²) in [5, 5.41) is 27.0. The molecule has 1 rings (SSSR count). The summed E-state index contributed by atoms with van der Waals surface area (Å²) >= 11 is 0. The summed E-state index contributed by atoms with van der Waals surface area (Å²) in [5.74, 6) is 0.408. The van der Waals surface area contributed by atoms with E-state index in [0.29, 0.717) is 37.7 Å². The fraction of sp³-hybridized carbons (Fsp3) is 0.750. The summed E-state index contributed by atoms with van der Waals surface area (Å²) in [6.07, 6.45) is 0.694. The molecule has 0 aliphatic rings. The van der Waals surface area contributed by atoms with E-state index in [2.05, 4.69) is 10.4 Å². The van der Waals surface area contributed by atoms with Crippen molar-refractivity contribution in [1.29, 1.82) is 0 Å². The zero-order valence-electron chi connectivity index (χ0n) is 12.1. The molecule has 1 heterocycles. The highest BCUT2D eigenvalue weighted by molar-refractivity contribution is 5.60. The van der Waals surface area contributed by atoms with Crippen molar-refractivity contribution in [1.82, 2.24) is 9.78 Å². The topological polar surface area (TPSA) is 102 Å². The van der Waals surface area contributed by atoms with Gasteiger partial charge in [0, 0.05) is 26.1 Å². The lowest BCUT2D eigenvalue weighted by Crippen LogP contribution is -2.11. The summed E-state index contributed by atoms with van der Waals surface area (Å²) in [4.78, 5) is 10.8. The summed E-state index contributed by atoms with van der Waals surface area (Å²) in [6, 6.07) is 0. The van der Waals surface area contributed by atoms with Gasteiger partial charge in [-0.25, -0.2) is 4.68 Å². The van der Waals surface area contributed by atoms with Crippen LogP contribution in [0.15, 0.2) is 0 Å². The molecule has 0 atom stereocenters. The third-order valence-corrected chi connectivity index (χ3v) is 2.77. The first-order valence-electron chi connectivity index (χ1n) is 6.62. The molecule has 0 bridgehead atoms. The third-order valence-electron chi connectivity index (χ3n) is 2.77. The van der Waals surface area contributed by atoms with Gasteiger partial charge in [0.05, 0.1) is 18.1 Å². The molecule has 0 aliphatic carbocycles. The van der Waals surface area contributed by atoms with E-state index in [4.69, 9.17) is 9.84 Å². The molecule has 8 nitrogen and oxygen atoms in total. The fourth-order valence-corrected chi connectivity index (χ4v) is 1.85. The van der Waals surface area contributed by atoms with Gasteiger partial charge < -0.3 is 15.2 Å². The van der Waals surface area contributed by atoms with Crippen molar-refractivity contribution in [3.05, 3.63) is 15.8 Å². The zero-order chi connectivity index (χ0) is 15.1. The number of anilines is 1. The van der Waals surface area contributed by atoms with Gasteiger partial charge in [-0.3, -0.25) is 10.1 Å². The van der Waals surface area contributed by atoms with Crippen LogP contribution in [-0.4, -0.2) is 46.2 Å². The van der Waals surface area contributed by atoms with E-state index in [9.17, 15) is 10.1 Å². The minimum Gasteiger partial charge on any atom is -0.394 e. The molecule has 20 heavy (non-hydrogen) atoms. The lowest BCUT2D eigenvalue weighted by molar-refractivity contribution is -0.384. The Morgan fingerprint density at radius 1 is 1.50 bits per heavy atom. The molecule has 0 aliphatic heterocycles. The number of nitrogens with zero attached hydrogens (tertiary/aromatic N) is 3. The maximum absolute atomic E-state index is 11.2. The second-order valence-corrected chi connectivity index (χ2v) is 4.73. The molecular weight excluding hydrogens is 264 g/mol. The number of hydrogen-bond acceptors (Lipinski definition) is 6. The van der Waals surface area contributed by atoms with Crippen LogP contribution in [0.3, 0.4) is 0 Å². The van der Waals surface area contributed by atoms with E-state index in [1.165, 1.54) is 4.68 Å². The van der Waals surface area contributed by atoms with Gasteiger partial charge >= 0.3 is 5.69 Å². The van der Waals surface area contributed by atoms with Crippen LogP contribution in [0.25, 0.3) is 0 Å². The molecule has 0 unspecified atom stereocenters. The number of hydrogen-bond donors (Lipinski definition) is 2. The molecule has 0 saturated carbocycles. The average Bonchev–Trinajstić information content (AvgIpc) is 2.71. The molecule has 0 radical (unpaired) electrons. The maximum atomic E-state index is 11.2. The maximum Gasteiger partial charge on any atom is 0.334 e. The summed E-state index contributed by atoms with van der Waals surface area (Å²) in [6.45, 7) is 5.10. The number of nitro groups is 1. The van der Waals surface area contributed by atoms with Gasteiger partial charge in [0.25, 0.3) is 0 Å². The molecule has 0 fully saturated rings. The number of ether oxygens (including phenoxy) is 1. The van der Waals surface area contributed by atoms with Gasteiger partial charge in [-0.05, 0) is 6.42 Å². The van der Waals surface area contributed by atoms with Crippen LogP contribution in [0.1, 0.15) is 31.9 Å². The van der Waals surface area contributed by atoms with Crippen LogP contribution in [-0.2, 0) is 11.8 Å². The second kappa shape index (κ2) is 7.81.